The second-order valence-corrected chi connectivity index (χ2v) is 14.9. The van der Waals surface area contributed by atoms with Crippen LogP contribution in [0.4, 0.5) is 0 Å². The molecule has 0 aromatic rings. The Morgan fingerprint density at radius 2 is 1.48 bits per heavy atom. The maximum atomic E-state index is 6.41. The third-order valence-corrected chi connectivity index (χ3v) is 12.3. The number of unbranched alkanes of at least 4 members (excludes halogenated alkanes) is 5. The average molecular weight is 425 g/mol. The van der Waals surface area contributed by atoms with E-state index in [0.29, 0.717) is 5.44 Å². The molecule has 1 nitrogen and oxygen atoms in total. The molecule has 0 aliphatic rings. The van der Waals surface area contributed by atoms with Gasteiger partial charge in [-0.1, -0.05) is 66.2 Å². The second kappa shape index (κ2) is 20.0. The van der Waals surface area contributed by atoms with Crippen LogP contribution in [0.3, 0.4) is 0 Å². The molecule has 0 aromatic carbocycles. The van der Waals surface area contributed by atoms with Gasteiger partial charge in [0.2, 0.25) is 8.19 Å². The molecular weight excluding hydrogens is 381 g/mol. The van der Waals surface area contributed by atoms with E-state index in [1.165, 1.54) is 81.1 Å². The molecule has 0 N–H and O–H groups in total. The quantitative estimate of drug-likeness (QED) is 0.119. The lowest BCUT2D eigenvalue weighted by molar-refractivity contribution is 0.320. The SMILES string of the molecule is CCCCCCCSC(C)CCSC(C)O[SiH](CCC)SCCCC. The van der Waals surface area contributed by atoms with Gasteiger partial charge in [-0.05, 0) is 49.5 Å². The van der Waals surface area contributed by atoms with Crippen LogP contribution < -0.4 is 0 Å². The van der Waals surface area contributed by atoms with Crippen molar-refractivity contribution >= 4 is 42.9 Å². The molecule has 0 saturated carbocycles. The zero-order chi connectivity index (χ0) is 18.8. The van der Waals surface area contributed by atoms with Gasteiger partial charge >= 0.3 is 0 Å². The van der Waals surface area contributed by atoms with Crippen molar-refractivity contribution < 1.29 is 4.43 Å². The highest BCUT2D eigenvalue weighted by Crippen LogP contribution is 2.24. The Morgan fingerprint density at radius 3 is 2.16 bits per heavy atom. The first-order valence-corrected chi connectivity index (χ1v) is 16.5. The van der Waals surface area contributed by atoms with E-state index in [2.05, 4.69) is 57.6 Å². The van der Waals surface area contributed by atoms with E-state index in [-0.39, 0.29) is 0 Å². The predicted molar refractivity (Wildman–Crippen MR) is 128 cm³/mol. The molecule has 25 heavy (non-hydrogen) atoms. The second-order valence-electron chi connectivity index (χ2n) is 6.90. The van der Waals surface area contributed by atoms with E-state index < -0.39 is 8.19 Å². The Bertz CT molecular complexity index is 269. The molecule has 0 aliphatic carbocycles. The fourth-order valence-electron chi connectivity index (χ4n) is 2.51. The van der Waals surface area contributed by atoms with Gasteiger partial charge in [0, 0.05) is 5.25 Å². The standard InChI is InChI=1S/C20H44OS3Si/c1-6-9-11-12-13-15-22-19(4)14-17-23-20(5)21-25(18-8-3)24-16-10-7-2/h19-20,25H,6-18H2,1-5H3. The monoisotopic (exact) mass is 424 g/mol. The molecule has 0 aromatic heterocycles. The topological polar surface area (TPSA) is 9.23 Å². The molecule has 0 aliphatic heterocycles. The summed E-state index contributed by atoms with van der Waals surface area (Å²) >= 11 is 6.36. The van der Waals surface area contributed by atoms with Crippen molar-refractivity contribution in [3.05, 3.63) is 0 Å². The zero-order valence-electron chi connectivity index (χ0n) is 17.6. The van der Waals surface area contributed by atoms with Gasteiger partial charge < -0.3 is 4.43 Å². The Labute approximate surface area is 173 Å². The molecule has 0 spiro atoms. The number of hydrogen-bond acceptors (Lipinski definition) is 4. The summed E-state index contributed by atoms with van der Waals surface area (Å²) in [5, 5.41) is 0.800. The lowest BCUT2D eigenvalue weighted by atomic mass is 10.2. The molecule has 5 heteroatoms. The fourth-order valence-corrected chi connectivity index (χ4v) is 10.7. The van der Waals surface area contributed by atoms with E-state index in [4.69, 9.17) is 4.43 Å². The molecule has 0 radical (unpaired) electrons. The van der Waals surface area contributed by atoms with Gasteiger partial charge in [0.1, 0.15) is 0 Å². The summed E-state index contributed by atoms with van der Waals surface area (Å²) in [7, 11) is -1.03. The van der Waals surface area contributed by atoms with Crippen LogP contribution in [-0.2, 0) is 4.43 Å². The lowest BCUT2D eigenvalue weighted by Gasteiger charge is -2.21. The van der Waals surface area contributed by atoms with E-state index in [9.17, 15) is 0 Å². The zero-order valence-corrected chi connectivity index (χ0v) is 21.2. The third kappa shape index (κ3) is 18.4. The first-order valence-electron chi connectivity index (χ1n) is 10.6. The van der Waals surface area contributed by atoms with Crippen molar-refractivity contribution in [1.82, 2.24) is 0 Å². The maximum Gasteiger partial charge on any atom is 0.239 e. The smallest absolute Gasteiger partial charge is 0.239 e. The summed E-state index contributed by atoms with van der Waals surface area (Å²) in [6.45, 7) is 11.5. The summed E-state index contributed by atoms with van der Waals surface area (Å²) in [5.74, 6) is 3.90. The number of hydrogen-bond donors (Lipinski definition) is 0. The first kappa shape index (κ1) is 26.2. The molecule has 0 heterocycles. The summed E-state index contributed by atoms with van der Waals surface area (Å²) < 4.78 is 6.41. The van der Waals surface area contributed by atoms with Crippen LogP contribution in [0.1, 0.15) is 92.4 Å². The van der Waals surface area contributed by atoms with Gasteiger partial charge in [-0.15, -0.1) is 11.8 Å². The summed E-state index contributed by atoms with van der Waals surface area (Å²) in [6, 6.07) is 1.32. The Hall–Kier alpha value is 1.23. The highest BCUT2D eigenvalue weighted by atomic mass is 32.4. The summed E-state index contributed by atoms with van der Waals surface area (Å²) in [6.07, 6.45) is 12.3. The fraction of sp³-hybridized carbons (Fsp3) is 1.00. The Morgan fingerprint density at radius 1 is 0.760 bits per heavy atom. The van der Waals surface area contributed by atoms with Crippen molar-refractivity contribution in [2.75, 3.05) is 17.3 Å². The van der Waals surface area contributed by atoms with Crippen molar-refractivity contribution in [1.29, 1.82) is 0 Å². The number of thioether (sulfide) groups is 2. The highest BCUT2D eigenvalue weighted by molar-refractivity contribution is 8.24. The molecule has 152 valence electrons. The minimum atomic E-state index is -1.03. The van der Waals surface area contributed by atoms with Gasteiger partial charge in [0.05, 0.1) is 5.44 Å². The molecular formula is C20H44OS3Si. The van der Waals surface area contributed by atoms with Crippen LogP contribution in [-0.4, -0.2) is 36.1 Å². The van der Waals surface area contributed by atoms with Crippen LogP contribution >= 0.6 is 34.7 Å². The molecule has 0 fully saturated rings. The molecule has 0 saturated heterocycles. The van der Waals surface area contributed by atoms with E-state index >= 15 is 0 Å². The minimum absolute atomic E-state index is 0.392. The van der Waals surface area contributed by atoms with Crippen LogP contribution in [0, 0.1) is 0 Å². The van der Waals surface area contributed by atoms with Crippen molar-refractivity contribution in [2.24, 2.45) is 0 Å². The summed E-state index contributed by atoms with van der Waals surface area (Å²) in [4.78, 5) is 0. The van der Waals surface area contributed by atoms with Crippen molar-refractivity contribution in [2.45, 2.75) is 109 Å². The van der Waals surface area contributed by atoms with Gasteiger partial charge in [-0.25, -0.2) is 0 Å². The van der Waals surface area contributed by atoms with Crippen LogP contribution in [0.15, 0.2) is 0 Å². The van der Waals surface area contributed by atoms with Gasteiger partial charge in [0.15, 0.2) is 0 Å². The van der Waals surface area contributed by atoms with Gasteiger partial charge in [-0.2, -0.15) is 23.0 Å². The van der Waals surface area contributed by atoms with Gasteiger partial charge in [-0.3, -0.25) is 0 Å². The first-order chi connectivity index (χ1) is 12.1. The lowest BCUT2D eigenvalue weighted by Crippen LogP contribution is -2.20. The minimum Gasteiger partial charge on any atom is -0.398 e. The molecule has 3 atom stereocenters. The van der Waals surface area contributed by atoms with Crippen LogP contribution in [0.25, 0.3) is 0 Å². The number of rotatable bonds is 19. The van der Waals surface area contributed by atoms with Crippen LogP contribution in [0.5, 0.6) is 0 Å². The predicted octanol–water partition coefficient (Wildman–Crippen LogP) is 7.73. The van der Waals surface area contributed by atoms with Crippen LogP contribution in [0.2, 0.25) is 6.04 Å². The van der Waals surface area contributed by atoms with E-state index in [1.54, 1.807) is 0 Å². The maximum absolute atomic E-state index is 6.41. The Kier molecular flexibility index (Phi) is 21.0. The largest absolute Gasteiger partial charge is 0.398 e. The summed E-state index contributed by atoms with van der Waals surface area (Å²) in [5.41, 5.74) is 0.392. The average Bonchev–Trinajstić information content (AvgIpc) is 2.58. The normalized spacial score (nSPS) is 15.2. The van der Waals surface area contributed by atoms with Crippen molar-refractivity contribution in [3.8, 4) is 0 Å². The van der Waals surface area contributed by atoms with E-state index in [0.717, 1.165) is 5.25 Å². The van der Waals surface area contributed by atoms with E-state index in [1.807, 2.05) is 11.8 Å². The molecule has 0 bridgehead atoms. The molecule has 3 unspecified atom stereocenters. The highest BCUT2D eigenvalue weighted by Gasteiger charge is 2.16. The molecule has 0 rings (SSSR count). The third-order valence-electron chi connectivity index (χ3n) is 4.20. The van der Waals surface area contributed by atoms with Gasteiger partial charge in [0.25, 0.3) is 0 Å². The molecule has 0 amide bonds. The van der Waals surface area contributed by atoms with Crippen molar-refractivity contribution in [3.63, 3.8) is 0 Å². The Balaban J connectivity index is 3.68.